The van der Waals surface area contributed by atoms with Gasteiger partial charge in [0.1, 0.15) is 5.82 Å². The second kappa shape index (κ2) is 13.2. The van der Waals surface area contributed by atoms with Crippen LogP contribution in [0.1, 0.15) is 44.2 Å². The summed E-state index contributed by atoms with van der Waals surface area (Å²) in [6.07, 6.45) is -9.98. The average molecular weight is 654 g/mol. The number of carbonyl (C=O) groups is 1. The number of aliphatic hydroxyl groups excluding tert-OH is 1. The number of benzene rings is 2. The number of nitrogens with zero attached hydrogens (tertiary/aromatic N) is 2. The fourth-order valence-electron chi connectivity index (χ4n) is 4.91. The minimum atomic E-state index is -6.16. The molecule has 1 aliphatic heterocycles. The fourth-order valence-corrected chi connectivity index (χ4v) is 6.62. The van der Waals surface area contributed by atoms with E-state index >= 15 is 0 Å². The van der Waals surface area contributed by atoms with Crippen molar-refractivity contribution in [3.63, 3.8) is 0 Å². The number of hydrogen-bond donors (Lipinski definition) is 3. The van der Waals surface area contributed by atoms with Crippen LogP contribution in [0.15, 0.2) is 64.1 Å². The number of hydrogen-bond acceptors (Lipinski definition) is 6. The van der Waals surface area contributed by atoms with Crippen molar-refractivity contribution in [2.45, 2.75) is 74.5 Å². The molecule has 1 heterocycles. The van der Waals surface area contributed by atoms with Crippen LogP contribution in [0.2, 0.25) is 0 Å². The number of amides is 1. The zero-order valence-electron chi connectivity index (χ0n) is 23.5. The van der Waals surface area contributed by atoms with Crippen molar-refractivity contribution < 1.29 is 54.2 Å². The van der Waals surface area contributed by atoms with Crippen LogP contribution in [-0.4, -0.2) is 61.8 Å². The number of alkyl halides is 6. The lowest BCUT2D eigenvalue weighted by molar-refractivity contribution is -0.376. The number of aliphatic hydroxyl groups is 2. The summed E-state index contributed by atoms with van der Waals surface area (Å²) in [6, 6.07) is 3.02. The van der Waals surface area contributed by atoms with E-state index in [4.69, 9.17) is 0 Å². The van der Waals surface area contributed by atoms with E-state index in [0.29, 0.717) is 28.2 Å². The second-order valence-electron chi connectivity index (χ2n) is 10.0. The fraction of sp³-hybridized carbons (Fsp3) is 0.429. The minimum absolute atomic E-state index is 0.137. The highest BCUT2D eigenvalue weighted by molar-refractivity contribution is 7.92. The first-order valence-electron chi connectivity index (χ1n) is 13.2. The summed E-state index contributed by atoms with van der Waals surface area (Å²) >= 11 is 0. The minimum Gasteiger partial charge on any atom is -0.394 e. The molecule has 44 heavy (non-hydrogen) atoms. The number of aryl methyl sites for hydroxylation is 1. The number of halogens is 7. The molecule has 0 spiro atoms. The van der Waals surface area contributed by atoms with Gasteiger partial charge in [-0.25, -0.2) is 12.8 Å². The van der Waals surface area contributed by atoms with Crippen LogP contribution in [-0.2, 0) is 26.8 Å². The summed E-state index contributed by atoms with van der Waals surface area (Å²) in [5.41, 5.74) is -6.83. The van der Waals surface area contributed by atoms with Gasteiger partial charge < -0.3 is 15.5 Å². The van der Waals surface area contributed by atoms with Crippen molar-refractivity contribution in [3.05, 3.63) is 71.2 Å². The van der Waals surface area contributed by atoms with Crippen molar-refractivity contribution in [2.24, 2.45) is 4.99 Å². The van der Waals surface area contributed by atoms with Crippen molar-refractivity contribution in [1.82, 2.24) is 5.32 Å². The zero-order chi connectivity index (χ0) is 33.1. The number of fused-ring (bicyclic) bond motifs is 1. The highest BCUT2D eigenvalue weighted by atomic mass is 32.2. The molecule has 8 nitrogen and oxygen atoms in total. The third kappa shape index (κ3) is 7.07. The van der Waals surface area contributed by atoms with Crippen molar-refractivity contribution in [2.75, 3.05) is 10.9 Å². The van der Waals surface area contributed by atoms with E-state index in [1.807, 2.05) is 0 Å². The summed E-state index contributed by atoms with van der Waals surface area (Å²) in [5, 5.41) is 22.2. The molecule has 242 valence electrons. The Labute approximate surface area is 249 Å². The van der Waals surface area contributed by atoms with Crippen LogP contribution in [0.4, 0.5) is 36.4 Å². The number of nitrogens with one attached hydrogen (secondary N) is 1. The maximum Gasteiger partial charge on any atom is 0.430 e. The lowest BCUT2D eigenvalue weighted by Crippen LogP contribution is -2.54. The molecule has 3 rings (SSSR count). The molecular weight excluding hydrogens is 623 g/mol. The molecule has 2 atom stereocenters. The summed E-state index contributed by atoms with van der Waals surface area (Å²) in [6.45, 7) is 2.88. The van der Waals surface area contributed by atoms with E-state index in [1.165, 1.54) is 6.21 Å². The molecule has 2 aromatic rings. The number of sulfonamides is 1. The van der Waals surface area contributed by atoms with Crippen LogP contribution in [0.3, 0.4) is 0 Å². The number of aliphatic imine (C=N–C) groups is 1. The van der Waals surface area contributed by atoms with Crippen molar-refractivity contribution in [3.8, 4) is 0 Å². The van der Waals surface area contributed by atoms with Gasteiger partial charge in [-0.1, -0.05) is 18.2 Å². The highest BCUT2D eigenvalue weighted by Gasteiger charge is 2.71. The van der Waals surface area contributed by atoms with Gasteiger partial charge >= 0.3 is 12.4 Å². The molecular formula is C28H30F7N3O5S. The molecule has 0 saturated carbocycles. The maximum atomic E-state index is 13.8. The quantitative estimate of drug-likeness (QED) is 0.249. The lowest BCUT2D eigenvalue weighted by atomic mass is 9.87. The monoisotopic (exact) mass is 653 g/mol. The molecule has 1 amide bonds. The largest absolute Gasteiger partial charge is 0.430 e. The normalized spacial score (nSPS) is 17.5. The van der Waals surface area contributed by atoms with Crippen LogP contribution < -0.4 is 9.62 Å². The van der Waals surface area contributed by atoms with Crippen molar-refractivity contribution in [1.29, 1.82) is 0 Å². The first-order chi connectivity index (χ1) is 20.4. The van der Waals surface area contributed by atoms with Crippen molar-refractivity contribution >= 4 is 27.8 Å². The SMILES string of the molecule is C/C=N\C(=C/C)C[C@H](CO)NC(=O)C[C@@H]1CCc2cc(C(O)(C(F)(F)F)C(F)(F)F)ccc2N1S(=O)(=O)c1ccc(F)cc1. The van der Waals surface area contributed by atoms with Gasteiger partial charge in [-0.3, -0.25) is 14.1 Å². The first kappa shape index (κ1) is 35.0. The van der Waals surface area contributed by atoms with Crippen LogP contribution >= 0.6 is 0 Å². The smallest absolute Gasteiger partial charge is 0.394 e. The summed E-state index contributed by atoms with van der Waals surface area (Å²) < 4.78 is 123. The van der Waals surface area contributed by atoms with Gasteiger partial charge in [-0.15, -0.1) is 0 Å². The molecule has 0 aliphatic carbocycles. The Hall–Kier alpha value is -3.50. The Morgan fingerprint density at radius 3 is 2.23 bits per heavy atom. The van der Waals surface area contributed by atoms with Crippen LogP contribution in [0, 0.1) is 5.82 Å². The molecule has 1 aliphatic rings. The van der Waals surface area contributed by atoms with Gasteiger partial charge in [0.05, 0.1) is 29.3 Å². The molecule has 2 aromatic carbocycles. The summed E-state index contributed by atoms with van der Waals surface area (Å²) in [4.78, 5) is 16.7. The molecule has 0 unspecified atom stereocenters. The zero-order valence-corrected chi connectivity index (χ0v) is 24.3. The predicted octanol–water partition coefficient (Wildman–Crippen LogP) is 4.90. The summed E-state index contributed by atoms with van der Waals surface area (Å²) in [5.74, 6) is -1.47. The molecule has 0 radical (unpaired) electrons. The molecule has 0 bridgehead atoms. The number of allylic oxidation sites excluding steroid dienone is 1. The Morgan fingerprint density at radius 2 is 1.70 bits per heavy atom. The number of anilines is 1. The number of carbonyl (C=O) groups excluding carboxylic acids is 1. The maximum absolute atomic E-state index is 13.8. The number of rotatable bonds is 10. The predicted molar refractivity (Wildman–Crippen MR) is 147 cm³/mol. The third-order valence-corrected chi connectivity index (χ3v) is 8.98. The average Bonchev–Trinajstić information content (AvgIpc) is 2.94. The third-order valence-electron chi connectivity index (χ3n) is 7.09. The molecule has 16 heteroatoms. The molecule has 0 aromatic heterocycles. The van der Waals surface area contributed by atoms with Gasteiger partial charge in [0, 0.05) is 30.3 Å². The standard InChI is InChI=1S/C28H30F7N3O5S/c1-3-20(36-4-2)14-21(16-39)37-25(40)15-22-9-5-17-13-18(26(41,27(30,31)32)28(33,34)35)6-12-24(17)38(22)44(42,43)23-10-7-19(29)8-11-23/h3-4,6-8,10-13,21-22,39,41H,5,9,14-16H2,1-2H3,(H,37,40)/b20-3-,36-4-/t21-,22+/m1/s1. The second-order valence-corrected chi connectivity index (χ2v) is 11.8. The van der Waals surface area contributed by atoms with E-state index in [1.54, 1.807) is 19.9 Å². The Bertz CT molecular complexity index is 1490. The molecule has 0 fully saturated rings. The van der Waals surface area contributed by atoms with Gasteiger partial charge in [0.25, 0.3) is 15.6 Å². The van der Waals surface area contributed by atoms with Crippen LogP contribution in [0.5, 0.6) is 0 Å². The van der Waals surface area contributed by atoms with Gasteiger partial charge in [-0.05, 0) is 62.6 Å². The van der Waals surface area contributed by atoms with Gasteiger partial charge in [-0.2, -0.15) is 26.3 Å². The Morgan fingerprint density at radius 1 is 1.09 bits per heavy atom. The first-order valence-corrected chi connectivity index (χ1v) is 14.7. The Balaban J connectivity index is 2.06. The molecule has 0 saturated heterocycles. The van der Waals surface area contributed by atoms with Crippen LogP contribution in [0.25, 0.3) is 0 Å². The Kier molecular flexibility index (Phi) is 10.5. The van der Waals surface area contributed by atoms with E-state index in [-0.39, 0.29) is 30.5 Å². The van der Waals surface area contributed by atoms with E-state index in [0.717, 1.165) is 24.3 Å². The van der Waals surface area contributed by atoms with E-state index in [2.05, 4.69) is 10.3 Å². The van der Waals surface area contributed by atoms with Gasteiger partial charge in [0.2, 0.25) is 5.91 Å². The lowest BCUT2D eigenvalue weighted by Gasteiger charge is -2.39. The van der Waals surface area contributed by atoms with E-state index in [9.17, 15) is 54.2 Å². The molecule has 3 N–H and O–H groups in total. The summed E-state index contributed by atoms with van der Waals surface area (Å²) in [7, 11) is -4.65. The van der Waals surface area contributed by atoms with E-state index < -0.39 is 75.3 Å². The highest BCUT2D eigenvalue weighted by Crippen LogP contribution is 2.51. The van der Waals surface area contributed by atoms with Gasteiger partial charge in [0.15, 0.2) is 0 Å². The topological polar surface area (TPSA) is 119 Å².